The minimum absolute atomic E-state index is 0.0549. The minimum Gasteiger partial charge on any atom is -0.387 e. The number of hydrogen-bond donors (Lipinski definition) is 4. The topological polar surface area (TPSA) is 170 Å². The maximum Gasteiger partial charge on any atom is 0.254 e. The molecule has 0 aliphatic carbocycles. The third-order valence-corrected chi connectivity index (χ3v) is 9.12. The average molecular weight is 775 g/mol. The number of rotatable bonds is 17. The molecule has 1 aliphatic rings. The highest BCUT2D eigenvalue weighted by Crippen LogP contribution is 2.41. The first-order valence-corrected chi connectivity index (χ1v) is 18.1. The van der Waals surface area contributed by atoms with Gasteiger partial charge in [0.05, 0.1) is 6.04 Å². The molecular formula is C41H48F2N6O7. The zero-order chi connectivity index (χ0) is 41.3. The first-order valence-electron chi connectivity index (χ1n) is 18.1. The second-order valence-electron chi connectivity index (χ2n) is 14.7. The fourth-order valence-corrected chi connectivity index (χ4v) is 6.43. The molecule has 4 N–H and O–H groups in total. The number of hydrogen-bond acceptors (Lipinski definition) is 7. The molecule has 6 amide bonds. The maximum absolute atomic E-state index is 15.0. The number of benzene rings is 2. The van der Waals surface area contributed by atoms with E-state index in [9.17, 15) is 38.3 Å². The molecule has 3 atom stereocenters. The van der Waals surface area contributed by atoms with Gasteiger partial charge >= 0.3 is 0 Å². The van der Waals surface area contributed by atoms with Crippen molar-refractivity contribution in [2.24, 2.45) is 5.41 Å². The second-order valence-corrected chi connectivity index (χ2v) is 14.7. The Balaban J connectivity index is 1.47. The van der Waals surface area contributed by atoms with Gasteiger partial charge in [0.15, 0.2) is 0 Å². The fourth-order valence-electron chi connectivity index (χ4n) is 6.43. The van der Waals surface area contributed by atoms with Crippen LogP contribution in [0, 0.1) is 17.0 Å². The number of carbonyl (C=O) groups is 6. The highest BCUT2D eigenvalue weighted by molar-refractivity contribution is 6.14. The van der Waals surface area contributed by atoms with E-state index in [-0.39, 0.29) is 30.6 Å². The summed E-state index contributed by atoms with van der Waals surface area (Å²) in [5.74, 6) is -5.20. The van der Waals surface area contributed by atoms with Crippen LogP contribution in [0.4, 0.5) is 8.78 Å². The SMILES string of the molecule is C=C(C)[C@H](NC(=O)CN1C(=O)C=CC1=O)C(=O)N[C@@H](C)C(=O)NCCCN(C(=O)CO)[C@@H](c1cc(-c2cc(F)ccc2F)cn1Cc1ccccc1)C(C)(C)C. The number of carbonyl (C=O) groups excluding carboxylic acids is 6. The van der Waals surface area contributed by atoms with Gasteiger partial charge in [-0.2, -0.15) is 0 Å². The van der Waals surface area contributed by atoms with Gasteiger partial charge in [-0.1, -0.05) is 57.7 Å². The molecule has 0 bridgehead atoms. The summed E-state index contributed by atoms with van der Waals surface area (Å²) in [7, 11) is 0. The summed E-state index contributed by atoms with van der Waals surface area (Å²) in [5, 5.41) is 17.8. The number of halogens is 2. The van der Waals surface area contributed by atoms with Gasteiger partial charge in [-0.15, -0.1) is 0 Å². The number of aromatic nitrogens is 1. The van der Waals surface area contributed by atoms with Crippen LogP contribution in [-0.4, -0.2) is 93.2 Å². The predicted molar refractivity (Wildman–Crippen MR) is 204 cm³/mol. The second kappa shape index (κ2) is 18.6. The van der Waals surface area contributed by atoms with Crippen molar-refractivity contribution in [1.29, 1.82) is 0 Å². The van der Waals surface area contributed by atoms with E-state index in [4.69, 9.17) is 0 Å². The average Bonchev–Trinajstić information content (AvgIpc) is 3.69. The molecule has 0 saturated carbocycles. The van der Waals surface area contributed by atoms with Crippen LogP contribution in [0.25, 0.3) is 11.1 Å². The van der Waals surface area contributed by atoms with Crippen molar-refractivity contribution in [3.05, 3.63) is 108 Å². The lowest BCUT2D eigenvalue weighted by atomic mass is 9.83. The van der Waals surface area contributed by atoms with E-state index in [2.05, 4.69) is 22.5 Å². The molecule has 2 aromatic carbocycles. The molecule has 15 heteroatoms. The van der Waals surface area contributed by atoms with Gasteiger partial charge < -0.3 is 30.5 Å². The van der Waals surface area contributed by atoms with Gasteiger partial charge in [0.25, 0.3) is 11.8 Å². The summed E-state index contributed by atoms with van der Waals surface area (Å²) in [6, 6.07) is 11.4. The molecule has 56 heavy (non-hydrogen) atoms. The van der Waals surface area contributed by atoms with Crippen LogP contribution >= 0.6 is 0 Å². The van der Waals surface area contributed by atoms with Crippen molar-refractivity contribution in [3.8, 4) is 11.1 Å². The predicted octanol–water partition coefficient (Wildman–Crippen LogP) is 3.39. The minimum atomic E-state index is -1.26. The standard InChI is InChI=1S/C41H48F2N6O7/c1-25(2)37(46-33(51)23-49-34(52)15-16-35(49)53)40(56)45-26(3)39(55)44-17-10-18-48(36(54)24-50)38(41(4,5)6)32-19-28(30-20-29(42)13-14-31(30)43)22-47(32)21-27-11-8-7-9-12-27/h7-9,11-16,19-20,22,26,37-38,50H,1,10,17-18,21,23-24H2,2-6H3,(H,44,55)(H,45,56)(H,46,51)/t26-,37-,38-/m0/s1. The van der Waals surface area contributed by atoms with Crippen molar-refractivity contribution < 1.29 is 42.7 Å². The Bertz CT molecular complexity index is 1990. The first kappa shape index (κ1) is 42.8. The van der Waals surface area contributed by atoms with Crippen LogP contribution in [0.2, 0.25) is 0 Å². The number of imide groups is 1. The normalized spacial score (nSPS) is 14.2. The quantitative estimate of drug-likeness (QED) is 0.0926. The Morgan fingerprint density at radius 3 is 2.21 bits per heavy atom. The molecule has 13 nitrogen and oxygen atoms in total. The molecule has 1 aliphatic heterocycles. The third-order valence-electron chi connectivity index (χ3n) is 9.12. The molecule has 298 valence electrons. The van der Waals surface area contributed by atoms with E-state index < -0.39 is 83.8 Å². The third kappa shape index (κ3) is 10.8. The smallest absolute Gasteiger partial charge is 0.254 e. The Morgan fingerprint density at radius 1 is 0.946 bits per heavy atom. The van der Waals surface area contributed by atoms with Crippen LogP contribution in [0.5, 0.6) is 0 Å². The van der Waals surface area contributed by atoms with Gasteiger partial charge in [0.1, 0.15) is 36.9 Å². The molecule has 3 aromatic rings. The summed E-state index contributed by atoms with van der Waals surface area (Å²) in [6.45, 7) is 11.5. The number of nitrogens with one attached hydrogen (secondary N) is 3. The molecule has 0 spiro atoms. The first-order chi connectivity index (χ1) is 26.4. The van der Waals surface area contributed by atoms with E-state index >= 15 is 4.39 Å². The number of aliphatic hydroxyl groups is 1. The summed E-state index contributed by atoms with van der Waals surface area (Å²) in [4.78, 5) is 78.0. The number of aliphatic hydroxyl groups excluding tert-OH is 1. The molecule has 0 saturated heterocycles. The van der Waals surface area contributed by atoms with Crippen molar-refractivity contribution in [2.75, 3.05) is 26.2 Å². The van der Waals surface area contributed by atoms with Crippen molar-refractivity contribution in [3.63, 3.8) is 0 Å². The van der Waals surface area contributed by atoms with Crippen LogP contribution in [0.15, 0.2) is 85.1 Å². The van der Waals surface area contributed by atoms with E-state index in [1.807, 2.05) is 55.7 Å². The maximum atomic E-state index is 15.0. The molecule has 4 rings (SSSR count). The number of amides is 6. The van der Waals surface area contributed by atoms with E-state index in [1.165, 1.54) is 18.7 Å². The molecular weight excluding hydrogens is 726 g/mol. The van der Waals surface area contributed by atoms with Crippen LogP contribution in [0.3, 0.4) is 0 Å². The van der Waals surface area contributed by atoms with Crippen LogP contribution in [0.1, 0.15) is 58.3 Å². The van der Waals surface area contributed by atoms with E-state index in [0.717, 1.165) is 35.9 Å². The Kier molecular flexibility index (Phi) is 14.2. The highest BCUT2D eigenvalue weighted by Gasteiger charge is 2.37. The van der Waals surface area contributed by atoms with Crippen molar-refractivity contribution in [1.82, 2.24) is 30.3 Å². The van der Waals surface area contributed by atoms with Gasteiger partial charge in [0, 0.05) is 54.8 Å². The lowest BCUT2D eigenvalue weighted by Crippen LogP contribution is -2.54. The van der Waals surface area contributed by atoms with Gasteiger partial charge in [-0.25, -0.2) is 8.78 Å². The lowest BCUT2D eigenvalue weighted by molar-refractivity contribution is -0.141. The van der Waals surface area contributed by atoms with Crippen LogP contribution < -0.4 is 16.0 Å². The Labute approximate surface area is 324 Å². The molecule has 2 heterocycles. The molecule has 0 unspecified atom stereocenters. The largest absolute Gasteiger partial charge is 0.387 e. The fraction of sp³-hybridized carbons (Fsp3) is 0.366. The summed E-state index contributed by atoms with van der Waals surface area (Å²) in [6.07, 6.45) is 4.02. The molecule has 0 fully saturated rings. The highest BCUT2D eigenvalue weighted by atomic mass is 19.1. The van der Waals surface area contributed by atoms with E-state index in [0.29, 0.717) is 22.7 Å². The Morgan fingerprint density at radius 2 is 1.61 bits per heavy atom. The molecule has 1 aromatic heterocycles. The lowest BCUT2D eigenvalue weighted by Gasteiger charge is -2.41. The Hall–Kier alpha value is -5.96. The summed E-state index contributed by atoms with van der Waals surface area (Å²) in [5.41, 5.74) is 1.62. The summed E-state index contributed by atoms with van der Waals surface area (Å²) >= 11 is 0. The van der Waals surface area contributed by atoms with Gasteiger partial charge in [0.2, 0.25) is 23.6 Å². The van der Waals surface area contributed by atoms with Crippen LogP contribution in [-0.2, 0) is 35.3 Å². The van der Waals surface area contributed by atoms with E-state index in [1.54, 1.807) is 12.3 Å². The molecule has 0 radical (unpaired) electrons. The van der Waals surface area contributed by atoms with Gasteiger partial charge in [-0.05, 0) is 61.1 Å². The summed E-state index contributed by atoms with van der Waals surface area (Å²) < 4.78 is 31.2. The van der Waals surface area contributed by atoms with Crippen molar-refractivity contribution in [2.45, 2.75) is 65.7 Å². The zero-order valence-electron chi connectivity index (χ0n) is 32.1. The number of nitrogens with zero attached hydrogens (tertiary/aromatic N) is 3. The van der Waals surface area contributed by atoms with Crippen molar-refractivity contribution >= 4 is 35.4 Å². The van der Waals surface area contributed by atoms with Gasteiger partial charge in [-0.3, -0.25) is 33.7 Å². The monoisotopic (exact) mass is 774 g/mol. The zero-order valence-corrected chi connectivity index (χ0v) is 32.1.